The largest absolute Gasteiger partial charge is 0.349 e. The van der Waals surface area contributed by atoms with Crippen molar-refractivity contribution in [1.82, 2.24) is 20.2 Å². The molecule has 0 aliphatic rings. The summed E-state index contributed by atoms with van der Waals surface area (Å²) < 4.78 is 0. The highest BCUT2D eigenvalue weighted by Gasteiger charge is 2.13. The van der Waals surface area contributed by atoms with Gasteiger partial charge in [-0.25, -0.2) is 4.98 Å². The molecular formula is C22H24N4O3. The number of nitrogens with zero attached hydrogens (tertiary/aromatic N) is 2. The first-order valence-corrected chi connectivity index (χ1v) is 9.67. The summed E-state index contributed by atoms with van der Waals surface area (Å²) in [4.78, 5) is 45.2. The van der Waals surface area contributed by atoms with E-state index in [1.54, 1.807) is 29.2 Å². The molecule has 0 spiro atoms. The monoisotopic (exact) mass is 392 g/mol. The molecule has 1 heterocycles. The molecule has 3 aromatic rings. The van der Waals surface area contributed by atoms with Crippen LogP contribution < -0.4 is 10.9 Å². The lowest BCUT2D eigenvalue weighted by molar-refractivity contribution is -0.131. The lowest BCUT2D eigenvalue weighted by Gasteiger charge is -2.22. The molecule has 0 atom stereocenters. The quantitative estimate of drug-likeness (QED) is 0.576. The first-order valence-electron chi connectivity index (χ1n) is 9.67. The maximum atomic E-state index is 12.3. The van der Waals surface area contributed by atoms with Crippen LogP contribution in [0.15, 0.2) is 59.4 Å². The van der Waals surface area contributed by atoms with Gasteiger partial charge < -0.3 is 15.2 Å². The van der Waals surface area contributed by atoms with Gasteiger partial charge in [-0.3, -0.25) is 14.4 Å². The van der Waals surface area contributed by atoms with E-state index in [2.05, 4.69) is 15.3 Å². The van der Waals surface area contributed by atoms with Crippen LogP contribution in [0.4, 0.5) is 0 Å². The number of carbonyl (C=O) groups excluding carboxylic acids is 2. The molecule has 0 fully saturated rings. The number of aromatic nitrogens is 2. The van der Waals surface area contributed by atoms with Gasteiger partial charge in [0.25, 0.3) is 11.5 Å². The maximum absolute atomic E-state index is 12.3. The molecule has 7 nitrogen and oxygen atoms in total. The number of para-hydroxylation sites is 1. The SMILES string of the molecule is CCC(=O)N(CCCNC(=O)c1nc2ccccc2c(=O)[nH]1)Cc1ccccc1. The van der Waals surface area contributed by atoms with E-state index in [9.17, 15) is 14.4 Å². The highest BCUT2D eigenvalue weighted by atomic mass is 16.2. The summed E-state index contributed by atoms with van der Waals surface area (Å²) in [5, 5.41) is 3.20. The molecule has 0 bridgehead atoms. The minimum atomic E-state index is -0.440. The van der Waals surface area contributed by atoms with Crippen molar-refractivity contribution in [3.05, 3.63) is 76.3 Å². The smallest absolute Gasteiger partial charge is 0.287 e. The van der Waals surface area contributed by atoms with Gasteiger partial charge in [0, 0.05) is 26.1 Å². The van der Waals surface area contributed by atoms with E-state index in [1.807, 2.05) is 37.3 Å². The van der Waals surface area contributed by atoms with E-state index in [0.29, 0.717) is 43.4 Å². The highest BCUT2D eigenvalue weighted by Crippen LogP contribution is 2.07. The standard InChI is InChI=1S/C22H24N4O3/c1-2-19(27)26(15-16-9-4-3-5-10-16)14-8-13-23-22(29)20-24-18-12-7-6-11-17(18)21(28)25-20/h3-7,9-12H,2,8,13-15H2,1H3,(H,23,29)(H,24,25,28). The van der Waals surface area contributed by atoms with Gasteiger partial charge in [-0.1, -0.05) is 49.4 Å². The Balaban J connectivity index is 1.56. The van der Waals surface area contributed by atoms with Crippen molar-refractivity contribution < 1.29 is 9.59 Å². The van der Waals surface area contributed by atoms with E-state index in [-0.39, 0.29) is 17.3 Å². The predicted molar refractivity (Wildman–Crippen MR) is 111 cm³/mol. The number of hydrogen-bond acceptors (Lipinski definition) is 4. The van der Waals surface area contributed by atoms with Crippen LogP contribution in [-0.2, 0) is 11.3 Å². The van der Waals surface area contributed by atoms with Crippen LogP contribution in [0.25, 0.3) is 10.9 Å². The first kappa shape index (κ1) is 20.3. The van der Waals surface area contributed by atoms with Gasteiger partial charge in [-0.2, -0.15) is 0 Å². The van der Waals surface area contributed by atoms with Crippen molar-refractivity contribution in [2.24, 2.45) is 0 Å². The molecule has 29 heavy (non-hydrogen) atoms. The van der Waals surface area contributed by atoms with Crippen LogP contribution >= 0.6 is 0 Å². The number of carbonyl (C=O) groups is 2. The van der Waals surface area contributed by atoms with Gasteiger partial charge in [-0.15, -0.1) is 0 Å². The fraction of sp³-hybridized carbons (Fsp3) is 0.273. The van der Waals surface area contributed by atoms with Gasteiger partial charge >= 0.3 is 0 Å². The predicted octanol–water partition coefficient (Wildman–Crippen LogP) is 2.48. The Labute approximate surface area is 168 Å². The molecule has 150 valence electrons. The number of amides is 2. The molecule has 7 heteroatoms. The molecule has 3 rings (SSSR count). The second-order valence-electron chi connectivity index (χ2n) is 6.70. The average Bonchev–Trinajstić information content (AvgIpc) is 2.75. The number of hydrogen-bond donors (Lipinski definition) is 2. The van der Waals surface area contributed by atoms with Crippen molar-refractivity contribution in [3.8, 4) is 0 Å². The van der Waals surface area contributed by atoms with Crippen LogP contribution in [0.3, 0.4) is 0 Å². The van der Waals surface area contributed by atoms with Gasteiger partial charge in [0.2, 0.25) is 5.91 Å². The van der Waals surface area contributed by atoms with E-state index in [4.69, 9.17) is 0 Å². The minimum absolute atomic E-state index is 0.0144. The zero-order chi connectivity index (χ0) is 20.6. The Bertz CT molecular complexity index is 1050. The third kappa shape index (κ3) is 5.28. The summed E-state index contributed by atoms with van der Waals surface area (Å²) in [5.74, 6) is -0.385. The van der Waals surface area contributed by atoms with Gasteiger partial charge in [0.1, 0.15) is 0 Å². The number of nitrogens with one attached hydrogen (secondary N) is 2. The van der Waals surface area contributed by atoms with Crippen molar-refractivity contribution in [2.45, 2.75) is 26.3 Å². The van der Waals surface area contributed by atoms with Crippen LogP contribution in [-0.4, -0.2) is 39.8 Å². The summed E-state index contributed by atoms with van der Waals surface area (Å²) in [6.07, 6.45) is 1.03. The molecule has 0 unspecified atom stereocenters. The second-order valence-corrected chi connectivity index (χ2v) is 6.70. The van der Waals surface area contributed by atoms with Crippen LogP contribution in [0.1, 0.15) is 35.9 Å². The van der Waals surface area contributed by atoms with Crippen molar-refractivity contribution in [1.29, 1.82) is 0 Å². The average molecular weight is 392 g/mol. The van der Waals surface area contributed by atoms with Gasteiger partial charge in [-0.05, 0) is 24.1 Å². The first-order chi connectivity index (χ1) is 14.1. The van der Waals surface area contributed by atoms with Crippen molar-refractivity contribution in [2.75, 3.05) is 13.1 Å². The van der Waals surface area contributed by atoms with Gasteiger partial charge in [0.15, 0.2) is 5.82 Å². The third-order valence-corrected chi connectivity index (χ3v) is 4.59. The van der Waals surface area contributed by atoms with Gasteiger partial charge in [0.05, 0.1) is 10.9 Å². The zero-order valence-corrected chi connectivity index (χ0v) is 16.4. The molecule has 0 saturated heterocycles. The molecule has 0 radical (unpaired) electrons. The van der Waals surface area contributed by atoms with Crippen molar-refractivity contribution >= 4 is 22.7 Å². The van der Waals surface area contributed by atoms with Crippen LogP contribution in [0, 0.1) is 0 Å². The van der Waals surface area contributed by atoms with Crippen LogP contribution in [0.2, 0.25) is 0 Å². The number of benzene rings is 2. The van der Waals surface area contributed by atoms with E-state index >= 15 is 0 Å². The fourth-order valence-corrected chi connectivity index (χ4v) is 3.07. The lowest BCUT2D eigenvalue weighted by Crippen LogP contribution is -2.34. The number of rotatable bonds is 8. The molecular weight excluding hydrogens is 368 g/mol. The molecule has 0 aliphatic carbocycles. The lowest BCUT2D eigenvalue weighted by atomic mass is 10.2. The summed E-state index contributed by atoms with van der Waals surface area (Å²) in [6.45, 7) is 3.28. The molecule has 2 aromatic carbocycles. The molecule has 2 amide bonds. The number of H-pyrrole nitrogens is 1. The fourth-order valence-electron chi connectivity index (χ4n) is 3.07. The number of aromatic amines is 1. The summed E-state index contributed by atoms with van der Waals surface area (Å²) in [6, 6.07) is 16.7. The van der Waals surface area contributed by atoms with E-state index in [0.717, 1.165) is 5.56 Å². The molecule has 1 aromatic heterocycles. The van der Waals surface area contributed by atoms with E-state index < -0.39 is 5.91 Å². The topological polar surface area (TPSA) is 95.2 Å². The summed E-state index contributed by atoms with van der Waals surface area (Å²) in [5.41, 5.74) is 1.20. The van der Waals surface area contributed by atoms with Crippen molar-refractivity contribution in [3.63, 3.8) is 0 Å². The molecule has 0 saturated carbocycles. The Morgan fingerprint density at radius 2 is 1.79 bits per heavy atom. The van der Waals surface area contributed by atoms with Crippen LogP contribution in [0.5, 0.6) is 0 Å². The van der Waals surface area contributed by atoms with E-state index in [1.165, 1.54) is 0 Å². The minimum Gasteiger partial charge on any atom is -0.349 e. The highest BCUT2D eigenvalue weighted by molar-refractivity contribution is 5.92. The number of fused-ring (bicyclic) bond motifs is 1. The Kier molecular flexibility index (Phi) is 6.73. The Morgan fingerprint density at radius 3 is 2.55 bits per heavy atom. The Morgan fingerprint density at radius 1 is 1.07 bits per heavy atom. The normalized spacial score (nSPS) is 10.7. The second kappa shape index (κ2) is 9.64. The maximum Gasteiger partial charge on any atom is 0.287 e. The summed E-state index contributed by atoms with van der Waals surface area (Å²) >= 11 is 0. The third-order valence-electron chi connectivity index (χ3n) is 4.59. The summed E-state index contributed by atoms with van der Waals surface area (Å²) in [7, 11) is 0. The molecule has 0 aliphatic heterocycles. The molecule has 2 N–H and O–H groups in total. The zero-order valence-electron chi connectivity index (χ0n) is 16.4. The Hall–Kier alpha value is -3.48.